The summed E-state index contributed by atoms with van der Waals surface area (Å²) in [6, 6.07) is 8.27. The van der Waals surface area contributed by atoms with Crippen LogP contribution in [0.3, 0.4) is 0 Å². The second-order valence-corrected chi connectivity index (χ2v) is 7.41. The zero-order chi connectivity index (χ0) is 19.3. The van der Waals surface area contributed by atoms with Crippen LogP contribution < -0.4 is 5.73 Å². The molecule has 0 fully saturated rings. The normalized spacial score (nSPS) is 11.4. The Kier molecular flexibility index (Phi) is 6.49. The topological polar surface area (TPSA) is 119 Å². The fourth-order valence-corrected chi connectivity index (χ4v) is 3.86. The largest absolute Gasteiger partial charge is 0.462 e. The molecule has 0 amide bonds. The van der Waals surface area contributed by atoms with E-state index in [9.17, 15) is 19.1 Å². The highest BCUT2D eigenvalue weighted by Gasteiger charge is 2.24. The molecule has 0 aliphatic rings. The molecule has 0 aliphatic carbocycles. The van der Waals surface area contributed by atoms with Crippen LogP contribution in [0, 0.1) is 11.3 Å². The molecule has 0 spiro atoms. The van der Waals surface area contributed by atoms with Gasteiger partial charge in [-0.3, -0.25) is 4.21 Å². The van der Waals surface area contributed by atoms with Gasteiger partial charge in [0.2, 0.25) is 0 Å². The Morgan fingerprint density at radius 2 is 1.96 bits per heavy atom. The standard InChI is InChI=1S/C17H16N2O5S2/c1-3-23-17(21)14-12(11(8-18)15(19)25-14)9-24-16(20)10-6-4-5-7-13(10)26(2)22/h4-7H,3,9,19H2,1-2H3/t26-/m0/s1. The van der Waals surface area contributed by atoms with Crippen molar-refractivity contribution in [3.05, 3.63) is 45.8 Å². The molecule has 2 rings (SSSR count). The number of nitriles is 1. The first-order valence-corrected chi connectivity index (χ1v) is 9.86. The van der Waals surface area contributed by atoms with Gasteiger partial charge in [-0.15, -0.1) is 11.3 Å². The Balaban J connectivity index is 2.30. The number of anilines is 1. The second-order valence-electron chi connectivity index (χ2n) is 5.01. The molecule has 2 aromatic rings. The molecule has 136 valence electrons. The summed E-state index contributed by atoms with van der Waals surface area (Å²) in [5.74, 6) is -1.34. The summed E-state index contributed by atoms with van der Waals surface area (Å²) in [5.41, 5.74) is 6.22. The SMILES string of the molecule is CCOC(=O)c1sc(N)c(C#N)c1COC(=O)c1ccccc1[S@](C)=O. The van der Waals surface area contributed by atoms with E-state index in [0.29, 0.717) is 4.90 Å². The van der Waals surface area contributed by atoms with Crippen LogP contribution in [-0.4, -0.2) is 29.0 Å². The summed E-state index contributed by atoms with van der Waals surface area (Å²) in [7, 11) is -1.37. The quantitative estimate of drug-likeness (QED) is 0.750. The van der Waals surface area contributed by atoms with Gasteiger partial charge >= 0.3 is 11.9 Å². The van der Waals surface area contributed by atoms with Crippen LogP contribution in [-0.2, 0) is 26.9 Å². The summed E-state index contributed by atoms with van der Waals surface area (Å²) in [6.07, 6.45) is 1.46. The van der Waals surface area contributed by atoms with E-state index >= 15 is 0 Å². The molecule has 1 heterocycles. The lowest BCUT2D eigenvalue weighted by Crippen LogP contribution is -2.11. The van der Waals surface area contributed by atoms with Crippen LogP contribution in [0.1, 0.15) is 38.1 Å². The Hall–Kier alpha value is -2.70. The number of hydrogen-bond acceptors (Lipinski definition) is 8. The van der Waals surface area contributed by atoms with Crippen molar-refractivity contribution in [3.63, 3.8) is 0 Å². The minimum atomic E-state index is -1.37. The summed E-state index contributed by atoms with van der Waals surface area (Å²) in [6.45, 7) is 1.49. The van der Waals surface area contributed by atoms with Gasteiger partial charge in [0.1, 0.15) is 22.6 Å². The van der Waals surface area contributed by atoms with E-state index in [4.69, 9.17) is 15.2 Å². The van der Waals surface area contributed by atoms with Crippen LogP contribution in [0.5, 0.6) is 0 Å². The number of ether oxygens (including phenoxy) is 2. The molecular formula is C17H16N2O5S2. The smallest absolute Gasteiger partial charge is 0.348 e. The molecule has 0 saturated heterocycles. The molecule has 0 saturated carbocycles. The lowest BCUT2D eigenvalue weighted by molar-refractivity contribution is 0.0449. The van der Waals surface area contributed by atoms with Gasteiger partial charge in [-0.1, -0.05) is 12.1 Å². The zero-order valence-electron chi connectivity index (χ0n) is 14.1. The van der Waals surface area contributed by atoms with E-state index in [0.717, 1.165) is 11.3 Å². The summed E-state index contributed by atoms with van der Waals surface area (Å²) in [5, 5.41) is 9.42. The molecule has 1 aromatic carbocycles. The van der Waals surface area contributed by atoms with Crippen LogP contribution in [0.15, 0.2) is 29.2 Å². The van der Waals surface area contributed by atoms with Crippen molar-refractivity contribution >= 4 is 39.1 Å². The molecule has 1 aromatic heterocycles. The zero-order valence-corrected chi connectivity index (χ0v) is 15.7. The molecular weight excluding hydrogens is 376 g/mol. The first kappa shape index (κ1) is 19.6. The summed E-state index contributed by atoms with van der Waals surface area (Å²) >= 11 is 0.910. The monoisotopic (exact) mass is 392 g/mol. The van der Waals surface area contributed by atoms with Gasteiger partial charge < -0.3 is 15.2 Å². The number of thiophene rings is 1. The van der Waals surface area contributed by atoms with Crippen molar-refractivity contribution in [3.8, 4) is 6.07 Å². The Bertz CT molecular complexity index is 914. The predicted molar refractivity (Wildman–Crippen MR) is 97.3 cm³/mol. The lowest BCUT2D eigenvalue weighted by Gasteiger charge is -2.09. The minimum absolute atomic E-state index is 0.0817. The average molecular weight is 392 g/mol. The molecule has 0 bridgehead atoms. The Morgan fingerprint density at radius 1 is 1.27 bits per heavy atom. The number of nitrogens with two attached hydrogens (primary N) is 1. The van der Waals surface area contributed by atoms with E-state index in [2.05, 4.69) is 0 Å². The van der Waals surface area contributed by atoms with Crippen LogP contribution in [0.2, 0.25) is 0 Å². The van der Waals surface area contributed by atoms with E-state index < -0.39 is 22.7 Å². The molecule has 9 heteroatoms. The fourth-order valence-electron chi connectivity index (χ4n) is 2.21. The van der Waals surface area contributed by atoms with Crippen molar-refractivity contribution in [1.29, 1.82) is 5.26 Å². The Morgan fingerprint density at radius 3 is 2.58 bits per heavy atom. The molecule has 26 heavy (non-hydrogen) atoms. The van der Waals surface area contributed by atoms with Gasteiger partial charge in [-0.25, -0.2) is 9.59 Å². The molecule has 7 nitrogen and oxygen atoms in total. The highest BCUT2D eigenvalue weighted by molar-refractivity contribution is 7.84. The minimum Gasteiger partial charge on any atom is -0.462 e. The first-order chi connectivity index (χ1) is 12.4. The highest BCUT2D eigenvalue weighted by atomic mass is 32.2. The van der Waals surface area contributed by atoms with Crippen molar-refractivity contribution in [2.75, 3.05) is 18.6 Å². The molecule has 0 unspecified atom stereocenters. The number of nitrogens with zero attached hydrogens (tertiary/aromatic N) is 1. The van der Waals surface area contributed by atoms with Gasteiger partial charge in [-0.05, 0) is 19.1 Å². The first-order valence-electron chi connectivity index (χ1n) is 7.48. The van der Waals surface area contributed by atoms with Crippen molar-refractivity contribution < 1.29 is 23.3 Å². The molecule has 0 aliphatic heterocycles. The highest BCUT2D eigenvalue weighted by Crippen LogP contribution is 2.32. The molecule has 1 atom stereocenters. The van der Waals surface area contributed by atoms with E-state index in [1.165, 1.54) is 12.3 Å². The van der Waals surface area contributed by atoms with Gasteiger partial charge in [-0.2, -0.15) is 5.26 Å². The summed E-state index contributed by atoms with van der Waals surface area (Å²) < 4.78 is 21.9. The van der Waals surface area contributed by atoms with Gasteiger partial charge in [0.25, 0.3) is 0 Å². The maximum atomic E-state index is 12.4. The van der Waals surface area contributed by atoms with Crippen molar-refractivity contribution in [2.24, 2.45) is 0 Å². The third-order valence-corrected chi connectivity index (χ3v) is 5.39. The average Bonchev–Trinajstić information content (AvgIpc) is 2.95. The fraction of sp³-hybridized carbons (Fsp3) is 0.235. The number of rotatable bonds is 6. The third-order valence-electron chi connectivity index (χ3n) is 3.37. The number of carbonyl (C=O) groups excluding carboxylic acids is 2. The van der Waals surface area contributed by atoms with E-state index in [1.807, 2.05) is 6.07 Å². The van der Waals surface area contributed by atoms with Gasteiger partial charge in [0.05, 0.1) is 33.4 Å². The third kappa shape index (κ3) is 4.09. The van der Waals surface area contributed by atoms with Crippen LogP contribution >= 0.6 is 11.3 Å². The number of nitrogen functional groups attached to an aromatic ring is 1. The van der Waals surface area contributed by atoms with Gasteiger partial charge in [0.15, 0.2) is 0 Å². The Labute approximate surface area is 156 Å². The van der Waals surface area contributed by atoms with Crippen molar-refractivity contribution in [1.82, 2.24) is 0 Å². The second kappa shape index (κ2) is 8.60. The summed E-state index contributed by atoms with van der Waals surface area (Å²) in [4.78, 5) is 24.9. The number of benzene rings is 1. The van der Waals surface area contributed by atoms with E-state index in [1.54, 1.807) is 25.1 Å². The van der Waals surface area contributed by atoms with Crippen LogP contribution in [0.4, 0.5) is 5.00 Å². The van der Waals surface area contributed by atoms with Crippen molar-refractivity contribution in [2.45, 2.75) is 18.4 Å². The van der Waals surface area contributed by atoms with Crippen LogP contribution in [0.25, 0.3) is 0 Å². The predicted octanol–water partition coefficient (Wildman–Crippen LogP) is 2.47. The number of esters is 2. The molecule has 0 radical (unpaired) electrons. The maximum absolute atomic E-state index is 12.4. The lowest BCUT2D eigenvalue weighted by atomic mass is 10.1. The molecule has 2 N–H and O–H groups in total. The number of carbonyl (C=O) groups is 2. The van der Waals surface area contributed by atoms with E-state index in [-0.39, 0.29) is 39.8 Å². The maximum Gasteiger partial charge on any atom is 0.348 e. The number of hydrogen-bond donors (Lipinski definition) is 1. The van der Waals surface area contributed by atoms with Gasteiger partial charge in [0, 0.05) is 11.8 Å².